The molecule has 2 aromatic heterocycles. The lowest BCUT2D eigenvalue weighted by atomic mass is 9.81. The Bertz CT molecular complexity index is 1990. The highest BCUT2D eigenvalue weighted by atomic mass is 35.5. The van der Waals surface area contributed by atoms with E-state index in [0.717, 1.165) is 37.1 Å². The summed E-state index contributed by atoms with van der Waals surface area (Å²) in [7, 11) is 0. The third kappa shape index (κ3) is 5.18. The van der Waals surface area contributed by atoms with E-state index < -0.39 is 34.5 Å². The molecule has 13 heteroatoms. The van der Waals surface area contributed by atoms with Gasteiger partial charge in [0.15, 0.2) is 0 Å². The van der Waals surface area contributed by atoms with Crippen molar-refractivity contribution in [1.29, 1.82) is 0 Å². The molecule has 4 aromatic rings. The molecular formula is C34H32ClF2N5O5. The first-order valence-electron chi connectivity index (χ1n) is 15.8. The molecule has 0 spiro atoms. The number of benzene rings is 2. The predicted octanol–water partition coefficient (Wildman–Crippen LogP) is 5.07. The molecule has 2 aromatic carbocycles. The van der Waals surface area contributed by atoms with Crippen LogP contribution in [0.2, 0.25) is 5.02 Å². The maximum atomic E-state index is 15.2. The summed E-state index contributed by atoms with van der Waals surface area (Å²) < 4.78 is 43.3. The van der Waals surface area contributed by atoms with E-state index >= 15 is 4.39 Å². The van der Waals surface area contributed by atoms with Gasteiger partial charge < -0.3 is 25.6 Å². The molecule has 0 radical (unpaired) electrons. The van der Waals surface area contributed by atoms with Crippen LogP contribution in [0, 0.1) is 17.6 Å². The smallest absolute Gasteiger partial charge is 0.251 e. The highest BCUT2D eigenvalue weighted by Gasteiger charge is 2.50. The molecule has 10 nitrogen and oxygen atoms in total. The van der Waals surface area contributed by atoms with Crippen LogP contribution in [0.25, 0.3) is 22.2 Å². The summed E-state index contributed by atoms with van der Waals surface area (Å²) in [6.07, 6.45) is 7.32. The number of nitrogens with zero attached hydrogens (tertiary/aromatic N) is 3. The van der Waals surface area contributed by atoms with Crippen molar-refractivity contribution >= 4 is 34.3 Å². The van der Waals surface area contributed by atoms with Gasteiger partial charge in [-0.1, -0.05) is 11.6 Å². The van der Waals surface area contributed by atoms with Crippen LogP contribution in [0.4, 0.5) is 8.78 Å². The molecule has 4 aliphatic rings. The lowest BCUT2D eigenvalue weighted by molar-refractivity contribution is -0.123. The second-order valence-corrected chi connectivity index (χ2v) is 13.8. The molecule has 0 unspecified atom stereocenters. The minimum Gasteiger partial charge on any atom is -0.489 e. The van der Waals surface area contributed by atoms with E-state index in [1.54, 1.807) is 19.1 Å². The van der Waals surface area contributed by atoms with E-state index in [1.165, 1.54) is 6.07 Å². The molecule has 8 rings (SSSR count). The van der Waals surface area contributed by atoms with Crippen molar-refractivity contribution in [3.63, 3.8) is 0 Å². The molecule has 3 saturated carbocycles. The fraction of sp³-hybridized carbons (Fsp3) is 0.412. The molecule has 3 fully saturated rings. The van der Waals surface area contributed by atoms with E-state index in [4.69, 9.17) is 31.9 Å². The average Bonchev–Trinajstić information content (AvgIpc) is 3.92. The van der Waals surface area contributed by atoms with Crippen molar-refractivity contribution in [2.75, 3.05) is 13.2 Å². The second-order valence-electron chi connectivity index (χ2n) is 13.4. The molecule has 0 bridgehead atoms. The monoisotopic (exact) mass is 663 g/mol. The van der Waals surface area contributed by atoms with Gasteiger partial charge in [0.25, 0.3) is 5.91 Å². The fourth-order valence-corrected chi connectivity index (χ4v) is 6.42. The Kier molecular flexibility index (Phi) is 6.79. The molecule has 4 N–H and O–H groups in total. The summed E-state index contributed by atoms with van der Waals surface area (Å²) in [5.74, 6) is -2.70. The molecule has 3 aliphatic carbocycles. The molecule has 244 valence electrons. The molecule has 2 atom stereocenters. The summed E-state index contributed by atoms with van der Waals surface area (Å²) in [6.45, 7) is 1.21. The molecular weight excluding hydrogens is 632 g/mol. The Morgan fingerprint density at radius 2 is 1.91 bits per heavy atom. The minimum absolute atomic E-state index is 0.0627. The van der Waals surface area contributed by atoms with Crippen LogP contribution in [-0.4, -0.2) is 50.9 Å². The van der Waals surface area contributed by atoms with Gasteiger partial charge in [-0.25, -0.2) is 13.8 Å². The second kappa shape index (κ2) is 10.6. The van der Waals surface area contributed by atoms with Crippen LogP contribution in [0.3, 0.4) is 0 Å². The summed E-state index contributed by atoms with van der Waals surface area (Å²) in [6, 6.07) is 7.05. The quantitative estimate of drug-likeness (QED) is 0.201. The number of carbonyl (C=O) groups is 2. The van der Waals surface area contributed by atoms with Crippen molar-refractivity contribution in [1.82, 2.24) is 20.1 Å². The van der Waals surface area contributed by atoms with Crippen molar-refractivity contribution in [3.05, 3.63) is 70.0 Å². The van der Waals surface area contributed by atoms with Gasteiger partial charge in [-0.3, -0.25) is 14.3 Å². The Labute approximate surface area is 273 Å². The number of halogens is 3. The van der Waals surface area contributed by atoms with Crippen molar-refractivity contribution in [2.24, 2.45) is 11.7 Å². The van der Waals surface area contributed by atoms with E-state index in [0.29, 0.717) is 47.3 Å². The Morgan fingerprint density at radius 1 is 1.15 bits per heavy atom. The van der Waals surface area contributed by atoms with Gasteiger partial charge in [0.1, 0.15) is 52.0 Å². The van der Waals surface area contributed by atoms with Crippen molar-refractivity contribution < 1.29 is 33.0 Å². The zero-order valence-corrected chi connectivity index (χ0v) is 26.2. The predicted molar refractivity (Wildman–Crippen MR) is 167 cm³/mol. The van der Waals surface area contributed by atoms with Gasteiger partial charge in [0, 0.05) is 34.3 Å². The highest BCUT2D eigenvalue weighted by Crippen LogP contribution is 2.50. The number of primary amides is 1. The minimum atomic E-state index is -1.71. The van der Waals surface area contributed by atoms with Gasteiger partial charge in [0.2, 0.25) is 5.91 Å². The van der Waals surface area contributed by atoms with Crippen LogP contribution in [0.5, 0.6) is 11.5 Å². The number of hydrogen-bond donors (Lipinski definition) is 3. The zero-order valence-electron chi connectivity index (χ0n) is 25.5. The number of fused-ring (bicyclic) bond motifs is 2. The van der Waals surface area contributed by atoms with Crippen LogP contribution >= 0.6 is 11.6 Å². The van der Waals surface area contributed by atoms with Gasteiger partial charge >= 0.3 is 0 Å². The SMILES string of the molecule is C[C@]1(C(N)=O)COc2c1cc([C@@](O)(CNC(=O)c1cc(OC3CC3)c3nn(C4CC4)cc3c1)C1CC1)nc2-c1cc(Cl)c(F)cc1F. The molecule has 0 saturated heterocycles. The van der Waals surface area contributed by atoms with Gasteiger partial charge in [-0.2, -0.15) is 5.10 Å². The summed E-state index contributed by atoms with van der Waals surface area (Å²) in [5.41, 5.74) is 3.96. The van der Waals surface area contributed by atoms with Crippen molar-refractivity contribution in [3.8, 4) is 22.8 Å². The van der Waals surface area contributed by atoms with Gasteiger partial charge in [0.05, 0.1) is 29.4 Å². The van der Waals surface area contributed by atoms with Gasteiger partial charge in [-0.15, -0.1) is 0 Å². The number of hydrogen-bond acceptors (Lipinski definition) is 7. The Hall–Kier alpha value is -4.29. The summed E-state index contributed by atoms with van der Waals surface area (Å²) >= 11 is 6.03. The third-order valence-electron chi connectivity index (χ3n) is 9.69. The standard InChI is InChI=1S/C34H32ClF2N5O5/c1-33(32(38)44)15-46-30-22(33)11-27(40-29(30)21-10-23(35)25(37)12-24(21)36)34(45,18-2-3-18)14-39-31(43)16-8-17-13-42(19-4-5-19)41-28(17)26(9-16)47-20-6-7-20/h8-13,18-20,45H,2-7,14-15H2,1H3,(H2,38,44)(H,39,43)/t33-,34+/m0/s1. The first-order chi connectivity index (χ1) is 22.4. The Balaban J connectivity index is 1.17. The van der Waals surface area contributed by atoms with Crippen LogP contribution in [0.15, 0.2) is 36.5 Å². The van der Waals surface area contributed by atoms with Gasteiger partial charge in [-0.05, 0) is 75.6 Å². The number of carbonyl (C=O) groups excluding carboxylic acids is 2. The van der Waals surface area contributed by atoms with E-state index in [-0.39, 0.29) is 52.9 Å². The zero-order chi connectivity index (χ0) is 32.8. The number of aliphatic hydroxyl groups is 1. The number of nitrogens with one attached hydrogen (secondary N) is 1. The Morgan fingerprint density at radius 3 is 2.60 bits per heavy atom. The van der Waals surface area contributed by atoms with E-state index in [1.807, 2.05) is 10.9 Å². The van der Waals surface area contributed by atoms with Crippen LogP contribution < -0.4 is 20.5 Å². The maximum absolute atomic E-state index is 15.2. The third-order valence-corrected chi connectivity index (χ3v) is 9.98. The number of aromatic nitrogens is 3. The van der Waals surface area contributed by atoms with Crippen LogP contribution in [0.1, 0.15) is 73.1 Å². The lowest BCUT2D eigenvalue weighted by Crippen LogP contribution is -2.44. The topological polar surface area (TPSA) is 142 Å². The number of nitrogens with two attached hydrogens (primary N) is 1. The average molecular weight is 664 g/mol. The van der Waals surface area contributed by atoms with E-state index in [9.17, 15) is 19.1 Å². The van der Waals surface area contributed by atoms with Crippen molar-refractivity contribution in [2.45, 2.75) is 68.6 Å². The summed E-state index contributed by atoms with van der Waals surface area (Å²) in [4.78, 5) is 31.0. The molecule has 3 heterocycles. The first-order valence-corrected chi connectivity index (χ1v) is 16.2. The number of rotatable bonds is 10. The van der Waals surface area contributed by atoms with E-state index in [2.05, 4.69) is 10.3 Å². The lowest BCUT2D eigenvalue weighted by Gasteiger charge is -2.30. The van der Waals surface area contributed by atoms with Crippen LogP contribution in [-0.2, 0) is 15.8 Å². The summed E-state index contributed by atoms with van der Waals surface area (Å²) in [5, 5.41) is 20.3. The largest absolute Gasteiger partial charge is 0.489 e. The molecule has 1 aliphatic heterocycles. The first kappa shape index (κ1) is 30.1. The number of pyridine rings is 1. The molecule has 2 amide bonds. The molecule has 47 heavy (non-hydrogen) atoms. The fourth-order valence-electron chi connectivity index (χ4n) is 6.25. The highest BCUT2D eigenvalue weighted by molar-refractivity contribution is 6.31. The number of amides is 2. The maximum Gasteiger partial charge on any atom is 0.251 e. The normalized spacial score (nSPS) is 21.6. The number of ether oxygens (including phenoxy) is 2.